The number of methoxy groups -OCH3 is 1. The van der Waals surface area contributed by atoms with Gasteiger partial charge in [0.2, 0.25) is 0 Å². The molecule has 1 aromatic carbocycles. The predicted molar refractivity (Wildman–Crippen MR) is 68.6 cm³/mol. The van der Waals surface area contributed by atoms with E-state index in [4.69, 9.17) is 15.6 Å². The van der Waals surface area contributed by atoms with Crippen LogP contribution in [-0.4, -0.2) is 30.8 Å². The first-order valence-electron chi connectivity index (χ1n) is 5.68. The molecule has 0 saturated carbocycles. The maximum atomic E-state index is 11.2. The van der Waals surface area contributed by atoms with Gasteiger partial charge in [-0.25, -0.2) is 4.79 Å². The number of hydrogen-bond acceptors (Lipinski definition) is 5. The average molecular weight is 267 g/mol. The number of anilines is 1. The Morgan fingerprint density at radius 2 is 2.05 bits per heavy atom. The normalized spacial score (nSPS) is 10.2. The molecular weight excluding hydrogens is 250 g/mol. The summed E-state index contributed by atoms with van der Waals surface area (Å²) in [5, 5.41) is 8.51. The number of rotatable bonds is 6. The van der Waals surface area contributed by atoms with Gasteiger partial charge in [0.05, 0.1) is 20.1 Å². The lowest BCUT2D eigenvalue weighted by Gasteiger charge is -2.11. The number of esters is 1. The molecule has 0 saturated heterocycles. The monoisotopic (exact) mass is 267 g/mol. The number of carbonyl (C=O) groups excluding carboxylic acids is 1. The molecule has 6 heteroatoms. The van der Waals surface area contributed by atoms with Crippen molar-refractivity contribution in [1.82, 2.24) is 0 Å². The zero-order valence-corrected chi connectivity index (χ0v) is 10.9. The molecule has 0 fully saturated rings. The molecule has 0 spiro atoms. The topological polar surface area (TPSA) is 98.9 Å². The van der Waals surface area contributed by atoms with Crippen LogP contribution in [-0.2, 0) is 32.1 Å². The molecule has 19 heavy (non-hydrogen) atoms. The van der Waals surface area contributed by atoms with E-state index in [9.17, 15) is 9.59 Å². The SMILES string of the molecule is COC(=O)Cc1cc(N)c(C)c(COCC(=O)O)c1. The molecule has 6 nitrogen and oxygen atoms in total. The first-order chi connectivity index (χ1) is 8.93. The highest BCUT2D eigenvalue weighted by molar-refractivity contribution is 5.73. The van der Waals surface area contributed by atoms with Crippen molar-refractivity contribution in [3.63, 3.8) is 0 Å². The fourth-order valence-electron chi connectivity index (χ4n) is 1.61. The van der Waals surface area contributed by atoms with Gasteiger partial charge < -0.3 is 20.3 Å². The highest BCUT2D eigenvalue weighted by Gasteiger charge is 2.09. The molecule has 0 radical (unpaired) electrons. The first-order valence-corrected chi connectivity index (χ1v) is 5.68. The minimum Gasteiger partial charge on any atom is -0.480 e. The van der Waals surface area contributed by atoms with Crippen LogP contribution in [0.15, 0.2) is 12.1 Å². The lowest BCUT2D eigenvalue weighted by molar-refractivity contribution is -0.142. The van der Waals surface area contributed by atoms with Crippen LogP contribution in [0.4, 0.5) is 5.69 Å². The third-order valence-electron chi connectivity index (χ3n) is 2.67. The second-order valence-corrected chi connectivity index (χ2v) is 4.11. The maximum Gasteiger partial charge on any atom is 0.329 e. The van der Waals surface area contributed by atoms with E-state index in [-0.39, 0.29) is 25.6 Å². The number of carboxylic acid groups (broad SMARTS) is 1. The molecular formula is C13H17NO5. The van der Waals surface area contributed by atoms with Gasteiger partial charge in [-0.05, 0) is 29.7 Å². The summed E-state index contributed by atoms with van der Waals surface area (Å²) >= 11 is 0. The average Bonchev–Trinajstić information content (AvgIpc) is 2.34. The minimum absolute atomic E-state index is 0.118. The van der Waals surface area contributed by atoms with E-state index in [2.05, 4.69) is 4.74 Å². The number of carboxylic acids is 1. The third-order valence-corrected chi connectivity index (χ3v) is 2.67. The molecule has 0 unspecified atom stereocenters. The Bertz CT molecular complexity index is 484. The Balaban J connectivity index is 2.84. The number of nitrogens with two attached hydrogens (primary N) is 1. The predicted octanol–water partition coefficient (Wildman–Crippen LogP) is 0.894. The smallest absolute Gasteiger partial charge is 0.329 e. The van der Waals surface area contributed by atoms with Crippen molar-refractivity contribution in [3.05, 3.63) is 28.8 Å². The minimum atomic E-state index is -1.03. The second kappa shape index (κ2) is 6.75. The van der Waals surface area contributed by atoms with E-state index in [0.717, 1.165) is 11.1 Å². The molecule has 0 aliphatic carbocycles. The molecule has 3 N–H and O–H groups in total. The van der Waals surface area contributed by atoms with Gasteiger partial charge in [-0.1, -0.05) is 6.07 Å². The summed E-state index contributed by atoms with van der Waals surface area (Å²) in [6.07, 6.45) is 0.118. The number of hydrogen-bond donors (Lipinski definition) is 2. The molecule has 0 aliphatic rings. The van der Waals surface area contributed by atoms with Gasteiger partial charge in [0, 0.05) is 5.69 Å². The van der Waals surface area contributed by atoms with Gasteiger partial charge in [-0.3, -0.25) is 4.79 Å². The quantitative estimate of drug-likeness (QED) is 0.586. The number of nitrogen functional groups attached to an aromatic ring is 1. The van der Waals surface area contributed by atoms with Crippen molar-refractivity contribution < 1.29 is 24.2 Å². The van der Waals surface area contributed by atoms with Gasteiger partial charge in [0.15, 0.2) is 0 Å². The number of aliphatic carboxylic acids is 1. The molecule has 104 valence electrons. The lowest BCUT2D eigenvalue weighted by Crippen LogP contribution is -2.09. The second-order valence-electron chi connectivity index (χ2n) is 4.11. The van der Waals surface area contributed by atoms with E-state index in [0.29, 0.717) is 11.3 Å². The highest BCUT2D eigenvalue weighted by Crippen LogP contribution is 2.20. The summed E-state index contributed by atoms with van der Waals surface area (Å²) in [5.41, 5.74) is 8.68. The summed E-state index contributed by atoms with van der Waals surface area (Å²) in [7, 11) is 1.32. The zero-order chi connectivity index (χ0) is 14.4. The van der Waals surface area contributed by atoms with Crippen LogP contribution >= 0.6 is 0 Å². The van der Waals surface area contributed by atoms with Gasteiger partial charge in [-0.2, -0.15) is 0 Å². The molecule has 1 aromatic rings. The summed E-state index contributed by atoms with van der Waals surface area (Å²) in [6, 6.07) is 3.47. The van der Waals surface area contributed by atoms with Gasteiger partial charge in [-0.15, -0.1) is 0 Å². The maximum absolute atomic E-state index is 11.2. The molecule has 0 aromatic heterocycles. The van der Waals surface area contributed by atoms with Crippen LogP contribution in [0.2, 0.25) is 0 Å². The van der Waals surface area contributed by atoms with Crippen molar-refractivity contribution in [1.29, 1.82) is 0 Å². The summed E-state index contributed by atoms with van der Waals surface area (Å²) in [5.74, 6) is -1.39. The van der Waals surface area contributed by atoms with Crippen LogP contribution in [0.5, 0.6) is 0 Å². The number of benzene rings is 1. The standard InChI is InChI=1S/C13H17NO5/c1-8-10(6-19-7-12(15)16)3-9(4-11(8)14)5-13(17)18-2/h3-4H,5-7,14H2,1-2H3,(H,15,16). The Morgan fingerprint density at radius 1 is 1.37 bits per heavy atom. The van der Waals surface area contributed by atoms with Crippen molar-refractivity contribution in [2.24, 2.45) is 0 Å². The van der Waals surface area contributed by atoms with E-state index in [1.54, 1.807) is 12.1 Å². The van der Waals surface area contributed by atoms with Crippen LogP contribution < -0.4 is 5.73 Å². The molecule has 0 bridgehead atoms. The molecule has 0 aliphatic heterocycles. The van der Waals surface area contributed by atoms with E-state index < -0.39 is 5.97 Å². The van der Waals surface area contributed by atoms with Crippen molar-refractivity contribution in [2.45, 2.75) is 20.0 Å². The van der Waals surface area contributed by atoms with Gasteiger partial charge in [0.1, 0.15) is 6.61 Å². The Morgan fingerprint density at radius 3 is 2.63 bits per heavy atom. The highest BCUT2D eigenvalue weighted by atomic mass is 16.5. The molecule has 0 heterocycles. The third kappa shape index (κ3) is 4.59. The molecule has 0 atom stereocenters. The van der Waals surface area contributed by atoms with Crippen LogP contribution in [0.25, 0.3) is 0 Å². The fourth-order valence-corrected chi connectivity index (χ4v) is 1.61. The largest absolute Gasteiger partial charge is 0.480 e. The van der Waals surface area contributed by atoms with Crippen LogP contribution in [0.3, 0.4) is 0 Å². The van der Waals surface area contributed by atoms with Crippen LogP contribution in [0, 0.1) is 6.92 Å². The molecule has 0 amide bonds. The van der Waals surface area contributed by atoms with E-state index in [1.807, 2.05) is 6.92 Å². The van der Waals surface area contributed by atoms with Gasteiger partial charge >= 0.3 is 11.9 Å². The summed E-state index contributed by atoms with van der Waals surface area (Å²) in [6.45, 7) is 1.58. The number of ether oxygens (including phenoxy) is 2. The summed E-state index contributed by atoms with van der Waals surface area (Å²) in [4.78, 5) is 21.6. The Hall–Kier alpha value is -2.08. The number of carbonyl (C=O) groups is 2. The zero-order valence-electron chi connectivity index (χ0n) is 10.9. The van der Waals surface area contributed by atoms with Gasteiger partial charge in [0.25, 0.3) is 0 Å². The van der Waals surface area contributed by atoms with Crippen molar-refractivity contribution >= 4 is 17.6 Å². The Kier molecular flexibility index (Phi) is 5.32. The first kappa shape index (κ1) is 15.0. The van der Waals surface area contributed by atoms with E-state index >= 15 is 0 Å². The van der Waals surface area contributed by atoms with E-state index in [1.165, 1.54) is 7.11 Å². The molecule has 1 rings (SSSR count). The van der Waals surface area contributed by atoms with Crippen LogP contribution in [0.1, 0.15) is 16.7 Å². The van der Waals surface area contributed by atoms with Crippen molar-refractivity contribution in [2.75, 3.05) is 19.5 Å². The fraction of sp³-hybridized carbons (Fsp3) is 0.385. The summed E-state index contributed by atoms with van der Waals surface area (Å²) < 4.78 is 9.62. The lowest BCUT2D eigenvalue weighted by atomic mass is 10.0. The van der Waals surface area contributed by atoms with Crippen molar-refractivity contribution in [3.8, 4) is 0 Å². The Labute approximate surface area is 111 Å².